The molecule has 0 radical (unpaired) electrons. The molecule has 0 bridgehead atoms. The number of amides is 1. The zero-order valence-corrected chi connectivity index (χ0v) is 8.99. The van der Waals surface area contributed by atoms with Crippen LogP contribution in [0.3, 0.4) is 0 Å². The molecule has 4 heteroatoms. The number of nitrogens with zero attached hydrogens (tertiary/aromatic N) is 1. The molecular formula is C10H20N2O2. The summed E-state index contributed by atoms with van der Waals surface area (Å²) in [4.78, 5) is 12.7. The molecule has 14 heavy (non-hydrogen) atoms. The Labute approximate surface area is 85.3 Å². The molecule has 0 saturated heterocycles. The zero-order chi connectivity index (χ0) is 10.6. The van der Waals surface area contributed by atoms with Crippen LogP contribution >= 0.6 is 0 Å². The van der Waals surface area contributed by atoms with E-state index in [4.69, 9.17) is 0 Å². The van der Waals surface area contributed by atoms with E-state index in [9.17, 15) is 9.90 Å². The summed E-state index contributed by atoms with van der Waals surface area (Å²) in [6, 6.07) is 0. The van der Waals surface area contributed by atoms with E-state index in [1.807, 2.05) is 0 Å². The van der Waals surface area contributed by atoms with Gasteiger partial charge in [-0.25, -0.2) is 0 Å². The highest BCUT2D eigenvalue weighted by Gasteiger charge is 2.28. The van der Waals surface area contributed by atoms with Crippen LogP contribution in [0.15, 0.2) is 0 Å². The summed E-state index contributed by atoms with van der Waals surface area (Å²) in [7, 11) is 3.50. The summed E-state index contributed by atoms with van der Waals surface area (Å²) in [6.07, 6.45) is 2.59. The molecular weight excluding hydrogens is 180 g/mol. The van der Waals surface area contributed by atoms with Gasteiger partial charge >= 0.3 is 0 Å². The van der Waals surface area contributed by atoms with E-state index in [2.05, 4.69) is 5.32 Å². The summed E-state index contributed by atoms with van der Waals surface area (Å²) in [5, 5.41) is 12.6. The fraction of sp³-hybridized carbons (Fsp3) is 0.900. The third-order valence-electron chi connectivity index (χ3n) is 2.53. The minimum atomic E-state index is -0.218. The number of nitrogens with one attached hydrogen (secondary N) is 1. The number of aliphatic hydroxyl groups excluding tert-OH is 1. The van der Waals surface area contributed by atoms with Crippen molar-refractivity contribution in [3.8, 4) is 0 Å². The second kappa shape index (κ2) is 5.32. The highest BCUT2D eigenvalue weighted by Crippen LogP contribution is 2.32. The van der Waals surface area contributed by atoms with E-state index < -0.39 is 0 Å². The predicted molar refractivity (Wildman–Crippen MR) is 54.9 cm³/mol. The molecule has 2 N–H and O–H groups in total. The van der Waals surface area contributed by atoms with Gasteiger partial charge in [-0.3, -0.25) is 4.79 Å². The Balaban J connectivity index is 1.95. The number of carbonyl (C=O) groups excluding carboxylic acids is 1. The second-order valence-corrected chi connectivity index (χ2v) is 4.15. The second-order valence-electron chi connectivity index (χ2n) is 4.15. The number of hydrogen-bond acceptors (Lipinski definition) is 3. The maximum Gasteiger partial charge on any atom is 0.223 e. The van der Waals surface area contributed by atoms with Crippen molar-refractivity contribution in [2.24, 2.45) is 5.92 Å². The van der Waals surface area contributed by atoms with Gasteiger partial charge in [-0.1, -0.05) is 0 Å². The van der Waals surface area contributed by atoms with E-state index in [-0.39, 0.29) is 12.0 Å². The van der Waals surface area contributed by atoms with Crippen molar-refractivity contribution < 1.29 is 9.90 Å². The van der Waals surface area contributed by atoms with Gasteiger partial charge in [0.1, 0.15) is 0 Å². The highest BCUT2D eigenvalue weighted by molar-refractivity contribution is 5.75. The van der Waals surface area contributed by atoms with Crippen molar-refractivity contribution in [1.29, 1.82) is 0 Å². The Kier molecular flexibility index (Phi) is 4.35. The maximum atomic E-state index is 11.2. The monoisotopic (exact) mass is 200 g/mol. The third-order valence-corrected chi connectivity index (χ3v) is 2.53. The number of hydrogen-bond donors (Lipinski definition) is 2. The summed E-state index contributed by atoms with van der Waals surface area (Å²) in [5.41, 5.74) is 0. The van der Waals surface area contributed by atoms with Gasteiger partial charge in [-0.15, -0.1) is 0 Å². The Morgan fingerprint density at radius 2 is 2.21 bits per heavy atom. The molecule has 1 atom stereocenters. The molecule has 0 spiro atoms. The molecule has 1 amide bonds. The van der Waals surface area contributed by atoms with Gasteiger partial charge in [0.15, 0.2) is 0 Å². The van der Waals surface area contributed by atoms with E-state index in [0.717, 1.165) is 12.8 Å². The van der Waals surface area contributed by atoms with Crippen LogP contribution in [0.25, 0.3) is 0 Å². The standard InChI is InChI=1S/C10H20N2O2/c1-12(2)10(14)5-6-11-7-9(13)8-3-4-8/h8-9,11,13H,3-7H2,1-2H3. The fourth-order valence-corrected chi connectivity index (χ4v) is 1.32. The lowest BCUT2D eigenvalue weighted by Gasteiger charge is -2.12. The molecule has 1 fully saturated rings. The molecule has 0 aliphatic heterocycles. The van der Waals surface area contributed by atoms with Gasteiger partial charge in [0.25, 0.3) is 0 Å². The van der Waals surface area contributed by atoms with Gasteiger partial charge in [0.05, 0.1) is 6.10 Å². The predicted octanol–water partition coefficient (Wildman–Crippen LogP) is -0.175. The number of rotatable bonds is 6. The van der Waals surface area contributed by atoms with E-state index in [1.54, 1.807) is 19.0 Å². The van der Waals surface area contributed by atoms with Crippen molar-refractivity contribution in [2.75, 3.05) is 27.2 Å². The molecule has 1 aliphatic rings. The summed E-state index contributed by atoms with van der Waals surface area (Å²) >= 11 is 0. The lowest BCUT2D eigenvalue weighted by atomic mass is 10.2. The van der Waals surface area contributed by atoms with Gasteiger partial charge in [-0.2, -0.15) is 0 Å². The van der Waals surface area contributed by atoms with Crippen LogP contribution < -0.4 is 5.32 Å². The molecule has 1 aliphatic carbocycles. The van der Waals surface area contributed by atoms with Crippen molar-refractivity contribution in [2.45, 2.75) is 25.4 Å². The fourth-order valence-electron chi connectivity index (χ4n) is 1.32. The largest absolute Gasteiger partial charge is 0.392 e. The van der Waals surface area contributed by atoms with E-state index in [1.165, 1.54) is 0 Å². The molecule has 1 saturated carbocycles. The van der Waals surface area contributed by atoms with Crippen LogP contribution in [-0.4, -0.2) is 49.2 Å². The van der Waals surface area contributed by atoms with Gasteiger partial charge in [0.2, 0.25) is 5.91 Å². The van der Waals surface area contributed by atoms with Crippen LogP contribution in [0.4, 0.5) is 0 Å². The van der Waals surface area contributed by atoms with E-state index >= 15 is 0 Å². The van der Waals surface area contributed by atoms with Crippen LogP contribution in [0, 0.1) is 5.92 Å². The average Bonchev–Trinajstić information content (AvgIpc) is 2.94. The van der Waals surface area contributed by atoms with Gasteiger partial charge in [0, 0.05) is 33.6 Å². The van der Waals surface area contributed by atoms with Crippen molar-refractivity contribution in [1.82, 2.24) is 10.2 Å². The van der Waals surface area contributed by atoms with Gasteiger partial charge < -0.3 is 15.3 Å². The molecule has 0 aromatic carbocycles. The molecule has 82 valence electrons. The first-order valence-electron chi connectivity index (χ1n) is 5.20. The summed E-state index contributed by atoms with van der Waals surface area (Å²) < 4.78 is 0. The minimum Gasteiger partial charge on any atom is -0.392 e. The first-order valence-corrected chi connectivity index (χ1v) is 5.20. The Morgan fingerprint density at radius 3 is 2.71 bits per heavy atom. The van der Waals surface area contributed by atoms with Crippen molar-refractivity contribution >= 4 is 5.91 Å². The SMILES string of the molecule is CN(C)C(=O)CCNCC(O)C1CC1. The summed E-state index contributed by atoms with van der Waals surface area (Å²) in [6.45, 7) is 1.27. The lowest BCUT2D eigenvalue weighted by molar-refractivity contribution is -0.128. The molecule has 1 unspecified atom stereocenters. The van der Waals surface area contributed by atoms with Crippen LogP contribution in [0.5, 0.6) is 0 Å². The first kappa shape index (κ1) is 11.5. The molecule has 1 rings (SSSR count). The smallest absolute Gasteiger partial charge is 0.223 e. The Hall–Kier alpha value is -0.610. The van der Waals surface area contributed by atoms with Crippen LogP contribution in [-0.2, 0) is 4.79 Å². The quantitative estimate of drug-likeness (QED) is 0.585. The molecule has 0 heterocycles. The van der Waals surface area contributed by atoms with Gasteiger partial charge in [-0.05, 0) is 18.8 Å². The van der Waals surface area contributed by atoms with Crippen LogP contribution in [0.1, 0.15) is 19.3 Å². The first-order chi connectivity index (χ1) is 6.61. The minimum absolute atomic E-state index is 0.124. The molecule has 0 aromatic rings. The lowest BCUT2D eigenvalue weighted by Crippen LogP contribution is -2.32. The molecule has 0 aromatic heterocycles. The summed E-state index contributed by atoms with van der Waals surface area (Å²) in [5.74, 6) is 0.630. The maximum absolute atomic E-state index is 11.2. The zero-order valence-electron chi connectivity index (χ0n) is 8.99. The Bertz CT molecular complexity index is 191. The van der Waals surface area contributed by atoms with Crippen LogP contribution in [0.2, 0.25) is 0 Å². The number of carbonyl (C=O) groups is 1. The van der Waals surface area contributed by atoms with Crippen molar-refractivity contribution in [3.05, 3.63) is 0 Å². The highest BCUT2D eigenvalue weighted by atomic mass is 16.3. The molecule has 4 nitrogen and oxygen atoms in total. The average molecular weight is 200 g/mol. The topological polar surface area (TPSA) is 52.6 Å². The Morgan fingerprint density at radius 1 is 1.57 bits per heavy atom. The van der Waals surface area contributed by atoms with Crippen molar-refractivity contribution in [3.63, 3.8) is 0 Å². The normalized spacial score (nSPS) is 17.9. The number of aliphatic hydroxyl groups is 1. The van der Waals surface area contributed by atoms with E-state index in [0.29, 0.717) is 25.4 Å². The third kappa shape index (κ3) is 4.07.